The molecule has 0 radical (unpaired) electrons. The van der Waals surface area contributed by atoms with Gasteiger partial charge in [0.15, 0.2) is 0 Å². The molecule has 0 N–H and O–H groups in total. The molecule has 1 amide bonds. The number of halogens is 1. The Kier molecular flexibility index (Phi) is 5.19. The van der Waals surface area contributed by atoms with Crippen LogP contribution in [0.15, 0.2) is 23.1 Å². The summed E-state index contributed by atoms with van der Waals surface area (Å²) >= 11 is 6.20. The van der Waals surface area contributed by atoms with Crippen molar-refractivity contribution in [3.05, 3.63) is 50.7 Å². The van der Waals surface area contributed by atoms with Crippen LogP contribution in [-0.4, -0.2) is 56.2 Å². The van der Waals surface area contributed by atoms with E-state index in [1.807, 2.05) is 15.5 Å². The molecule has 0 aromatic carbocycles. The number of rotatable bonds is 3. The van der Waals surface area contributed by atoms with Crippen molar-refractivity contribution in [2.45, 2.75) is 44.7 Å². The molecule has 2 atom stereocenters. The Bertz CT molecular complexity index is 1000. The summed E-state index contributed by atoms with van der Waals surface area (Å²) in [4.78, 5) is 30.6. The zero-order chi connectivity index (χ0) is 20.8. The summed E-state index contributed by atoms with van der Waals surface area (Å²) in [6.07, 6.45) is 6.27. The molecule has 3 aliphatic rings. The predicted octanol–water partition coefficient (Wildman–Crippen LogP) is 2.48. The van der Waals surface area contributed by atoms with Gasteiger partial charge in [0.05, 0.1) is 11.2 Å². The van der Waals surface area contributed by atoms with Crippen LogP contribution >= 0.6 is 11.6 Å². The van der Waals surface area contributed by atoms with Gasteiger partial charge < -0.3 is 9.47 Å². The maximum Gasteiger partial charge on any atom is 0.273 e. The normalized spacial score (nSPS) is 24.0. The molecule has 2 aromatic heterocycles. The van der Waals surface area contributed by atoms with E-state index in [9.17, 15) is 9.59 Å². The molecule has 5 rings (SSSR count). The minimum absolute atomic E-state index is 0.0767. The number of amides is 1. The van der Waals surface area contributed by atoms with Crippen LogP contribution in [0.5, 0.6) is 0 Å². The molecule has 2 saturated heterocycles. The molecule has 0 unspecified atom stereocenters. The molecule has 5 heterocycles. The lowest BCUT2D eigenvalue weighted by molar-refractivity contribution is 0.0583. The summed E-state index contributed by atoms with van der Waals surface area (Å²) in [5, 5.41) is 4.48. The fraction of sp³-hybridized carbons (Fsp3) is 0.591. The second kappa shape index (κ2) is 7.85. The van der Waals surface area contributed by atoms with Crippen LogP contribution in [0, 0.1) is 5.92 Å². The van der Waals surface area contributed by atoms with Gasteiger partial charge in [-0.15, -0.1) is 0 Å². The number of hydrogen-bond acceptors (Lipinski definition) is 4. The number of likely N-dealkylation sites (tertiary alicyclic amines) is 2. The molecular formula is C22H28ClN5O2. The monoisotopic (exact) mass is 429 g/mol. The lowest BCUT2D eigenvalue weighted by atomic mass is 9.83. The van der Waals surface area contributed by atoms with Gasteiger partial charge in [0, 0.05) is 50.4 Å². The molecule has 8 heteroatoms. The zero-order valence-corrected chi connectivity index (χ0v) is 18.1. The fourth-order valence-corrected chi connectivity index (χ4v) is 5.68. The van der Waals surface area contributed by atoms with E-state index < -0.39 is 0 Å². The Morgan fingerprint density at radius 2 is 1.97 bits per heavy atom. The fourth-order valence-electron chi connectivity index (χ4n) is 5.44. The van der Waals surface area contributed by atoms with Crippen molar-refractivity contribution < 1.29 is 4.79 Å². The standard InChI is InChI=1S/C22H28ClN5O2/c1-25-20(18(23)10-24-25)22(30)27-11-15-9-17(14-27)19-6-5-16(21(29)28(19)12-15)13-26-7-3-2-4-8-26/h5-6,10,15,17H,2-4,7-9,11-14H2,1H3/t15-,17+/m0/s1. The van der Waals surface area contributed by atoms with Gasteiger partial charge in [-0.25, -0.2) is 0 Å². The minimum atomic E-state index is -0.0767. The van der Waals surface area contributed by atoms with Crippen LogP contribution in [-0.2, 0) is 20.1 Å². The average Bonchev–Trinajstić information content (AvgIpc) is 3.08. The number of aromatic nitrogens is 3. The van der Waals surface area contributed by atoms with Gasteiger partial charge in [0.2, 0.25) is 0 Å². The highest BCUT2D eigenvalue weighted by atomic mass is 35.5. The van der Waals surface area contributed by atoms with E-state index in [1.54, 1.807) is 11.7 Å². The number of nitrogens with zero attached hydrogens (tertiary/aromatic N) is 5. The largest absolute Gasteiger partial charge is 0.336 e. The van der Waals surface area contributed by atoms with Gasteiger partial charge >= 0.3 is 0 Å². The molecule has 2 bridgehead atoms. The zero-order valence-electron chi connectivity index (χ0n) is 17.4. The lowest BCUT2D eigenvalue weighted by Crippen LogP contribution is -2.50. The topological polar surface area (TPSA) is 63.4 Å². The highest BCUT2D eigenvalue weighted by Gasteiger charge is 2.38. The predicted molar refractivity (Wildman–Crippen MR) is 115 cm³/mol. The number of carbonyl (C=O) groups excluding carboxylic acids is 1. The van der Waals surface area contributed by atoms with Crippen LogP contribution in [0.3, 0.4) is 0 Å². The van der Waals surface area contributed by atoms with Gasteiger partial charge in [-0.2, -0.15) is 5.10 Å². The van der Waals surface area contributed by atoms with Crippen molar-refractivity contribution in [1.82, 2.24) is 24.1 Å². The van der Waals surface area contributed by atoms with E-state index in [-0.39, 0.29) is 23.3 Å². The highest BCUT2D eigenvalue weighted by Crippen LogP contribution is 2.36. The third-order valence-electron chi connectivity index (χ3n) is 6.91. The molecule has 30 heavy (non-hydrogen) atoms. The van der Waals surface area contributed by atoms with E-state index in [0.29, 0.717) is 30.4 Å². The van der Waals surface area contributed by atoms with E-state index in [0.717, 1.165) is 37.3 Å². The van der Waals surface area contributed by atoms with Crippen molar-refractivity contribution in [2.24, 2.45) is 13.0 Å². The summed E-state index contributed by atoms with van der Waals surface area (Å²) in [6, 6.07) is 4.13. The van der Waals surface area contributed by atoms with Crippen LogP contribution in [0.1, 0.15) is 53.3 Å². The maximum absolute atomic E-state index is 13.2. The number of pyridine rings is 1. The lowest BCUT2D eigenvalue weighted by Gasteiger charge is -2.43. The second-order valence-corrected chi connectivity index (χ2v) is 9.42. The van der Waals surface area contributed by atoms with E-state index in [1.165, 1.54) is 25.5 Å². The summed E-state index contributed by atoms with van der Waals surface area (Å²) < 4.78 is 3.53. The quantitative estimate of drug-likeness (QED) is 0.752. The van der Waals surface area contributed by atoms with Gasteiger partial charge in [-0.1, -0.05) is 24.1 Å². The number of hydrogen-bond donors (Lipinski definition) is 0. The van der Waals surface area contributed by atoms with Gasteiger partial charge in [0.25, 0.3) is 11.5 Å². The minimum Gasteiger partial charge on any atom is -0.336 e. The molecule has 7 nitrogen and oxygen atoms in total. The molecule has 3 aliphatic heterocycles. The molecule has 0 spiro atoms. The number of carbonyl (C=O) groups is 1. The Labute approximate surface area is 181 Å². The van der Waals surface area contributed by atoms with Crippen LogP contribution < -0.4 is 5.56 Å². The van der Waals surface area contributed by atoms with Gasteiger partial charge in [-0.3, -0.25) is 19.2 Å². The SMILES string of the molecule is Cn1ncc(Cl)c1C(=O)N1C[C@@H]2C[C@H](C1)c1ccc(CN3CCCCC3)c(=O)n1C2. The van der Waals surface area contributed by atoms with Crippen molar-refractivity contribution in [3.63, 3.8) is 0 Å². The first kappa shape index (κ1) is 19.8. The molecule has 2 aromatic rings. The van der Waals surface area contributed by atoms with E-state index in [4.69, 9.17) is 11.6 Å². The van der Waals surface area contributed by atoms with E-state index in [2.05, 4.69) is 16.1 Å². The molecule has 0 saturated carbocycles. The summed E-state index contributed by atoms with van der Waals surface area (Å²) in [5.74, 6) is 0.396. The Balaban J connectivity index is 1.38. The summed E-state index contributed by atoms with van der Waals surface area (Å²) in [7, 11) is 1.74. The maximum atomic E-state index is 13.2. The van der Waals surface area contributed by atoms with Crippen LogP contribution in [0.25, 0.3) is 0 Å². The van der Waals surface area contributed by atoms with Crippen molar-refractivity contribution in [2.75, 3.05) is 26.2 Å². The first-order valence-corrected chi connectivity index (χ1v) is 11.3. The third-order valence-corrected chi connectivity index (χ3v) is 7.19. The molecule has 2 fully saturated rings. The number of fused-ring (bicyclic) bond motifs is 4. The number of piperidine rings is 2. The summed E-state index contributed by atoms with van der Waals surface area (Å²) in [6.45, 7) is 4.86. The van der Waals surface area contributed by atoms with E-state index >= 15 is 0 Å². The van der Waals surface area contributed by atoms with Crippen LogP contribution in [0.2, 0.25) is 5.02 Å². The third kappa shape index (κ3) is 3.48. The van der Waals surface area contributed by atoms with Crippen LogP contribution in [0.4, 0.5) is 0 Å². The van der Waals surface area contributed by atoms with Crippen molar-refractivity contribution in [1.29, 1.82) is 0 Å². The van der Waals surface area contributed by atoms with Crippen molar-refractivity contribution >= 4 is 17.5 Å². The van der Waals surface area contributed by atoms with Gasteiger partial charge in [-0.05, 0) is 44.3 Å². The summed E-state index contributed by atoms with van der Waals surface area (Å²) in [5.41, 5.74) is 2.55. The number of aryl methyl sites for hydroxylation is 1. The average molecular weight is 430 g/mol. The highest BCUT2D eigenvalue weighted by molar-refractivity contribution is 6.33. The Hall–Kier alpha value is -2.12. The smallest absolute Gasteiger partial charge is 0.273 e. The van der Waals surface area contributed by atoms with Crippen molar-refractivity contribution in [3.8, 4) is 0 Å². The van der Waals surface area contributed by atoms with Gasteiger partial charge in [0.1, 0.15) is 5.69 Å². The first-order valence-electron chi connectivity index (χ1n) is 10.9. The first-order chi connectivity index (χ1) is 14.5. The second-order valence-electron chi connectivity index (χ2n) is 9.01. The molecular weight excluding hydrogens is 402 g/mol. The molecule has 160 valence electrons. The Morgan fingerprint density at radius 3 is 2.70 bits per heavy atom. The molecule has 0 aliphatic carbocycles. The Morgan fingerprint density at radius 1 is 1.17 bits per heavy atom.